The molecule has 0 aromatic carbocycles. The maximum Gasteiger partial charge on any atom is 0.0993 e. The fraction of sp³-hybridized carbons (Fsp3) is 0.706. The summed E-state index contributed by atoms with van der Waals surface area (Å²) in [4.78, 5) is 10.1. The fourth-order valence-electron chi connectivity index (χ4n) is 3.49. The third-order valence-corrected chi connectivity index (χ3v) is 5.76. The van der Waals surface area contributed by atoms with Gasteiger partial charge in [0.1, 0.15) is 0 Å². The quantitative estimate of drug-likeness (QED) is 0.812. The van der Waals surface area contributed by atoms with Crippen LogP contribution in [-0.2, 0) is 4.84 Å². The lowest BCUT2D eigenvalue weighted by molar-refractivity contribution is 0.136. The van der Waals surface area contributed by atoms with Crippen LogP contribution in [0.4, 0.5) is 0 Å². The summed E-state index contributed by atoms with van der Waals surface area (Å²) in [5.41, 5.74) is 5.15. The molecule has 1 aromatic rings. The highest BCUT2D eigenvalue weighted by atomic mass is 32.1. The molecule has 2 heterocycles. The molecule has 5 heteroatoms. The van der Waals surface area contributed by atoms with E-state index in [1.807, 2.05) is 0 Å². The van der Waals surface area contributed by atoms with Crippen molar-refractivity contribution >= 4 is 17.0 Å². The Kier molecular flexibility index (Phi) is 5.87. The Morgan fingerprint density at radius 3 is 2.77 bits per heavy atom. The van der Waals surface area contributed by atoms with Crippen LogP contribution >= 0.6 is 11.3 Å². The number of hydroxylamine groups is 1. The van der Waals surface area contributed by atoms with Gasteiger partial charge in [-0.3, -0.25) is 10.3 Å². The summed E-state index contributed by atoms with van der Waals surface area (Å²) in [6, 6.07) is 0. The largest absolute Gasteiger partial charge is 0.317 e. The van der Waals surface area contributed by atoms with E-state index in [-0.39, 0.29) is 0 Å². The Morgan fingerprint density at radius 2 is 2.05 bits per heavy atom. The van der Waals surface area contributed by atoms with E-state index in [9.17, 15) is 0 Å². The molecule has 22 heavy (non-hydrogen) atoms. The van der Waals surface area contributed by atoms with Gasteiger partial charge in [0.05, 0.1) is 23.5 Å². The molecule has 1 aromatic heterocycles. The number of nitrogens with one attached hydrogen (secondary N) is 2. The van der Waals surface area contributed by atoms with Gasteiger partial charge in [0, 0.05) is 11.3 Å². The van der Waals surface area contributed by atoms with Crippen LogP contribution in [0.1, 0.15) is 61.6 Å². The van der Waals surface area contributed by atoms with Crippen LogP contribution in [0.5, 0.6) is 0 Å². The van der Waals surface area contributed by atoms with Crippen LogP contribution < -0.4 is 10.8 Å². The molecule has 3 rings (SSSR count). The molecular weight excluding hydrogens is 294 g/mol. The lowest BCUT2D eigenvalue weighted by atomic mass is 9.88. The van der Waals surface area contributed by atoms with Gasteiger partial charge in [-0.1, -0.05) is 25.3 Å². The van der Waals surface area contributed by atoms with E-state index in [1.54, 1.807) is 18.4 Å². The number of allylic oxidation sites excluding steroid dienone is 1. The first-order valence-electron chi connectivity index (χ1n) is 8.54. The van der Waals surface area contributed by atoms with Crippen LogP contribution in [-0.4, -0.2) is 25.2 Å². The zero-order valence-electron chi connectivity index (χ0n) is 13.4. The normalized spacial score (nSPS) is 22.0. The average Bonchev–Trinajstić information content (AvgIpc) is 3.06. The van der Waals surface area contributed by atoms with Crippen molar-refractivity contribution in [1.29, 1.82) is 0 Å². The van der Waals surface area contributed by atoms with E-state index in [2.05, 4.69) is 22.3 Å². The number of hydrogen-bond acceptors (Lipinski definition) is 5. The van der Waals surface area contributed by atoms with Gasteiger partial charge in [-0.2, -0.15) is 0 Å². The van der Waals surface area contributed by atoms with Gasteiger partial charge < -0.3 is 5.32 Å². The van der Waals surface area contributed by atoms with E-state index >= 15 is 0 Å². The van der Waals surface area contributed by atoms with E-state index in [1.165, 1.54) is 50.0 Å². The molecule has 0 spiro atoms. The fourth-order valence-corrected chi connectivity index (χ4v) is 4.48. The number of thiazole rings is 1. The highest BCUT2D eigenvalue weighted by Gasteiger charge is 2.20. The van der Waals surface area contributed by atoms with Gasteiger partial charge in [0.15, 0.2) is 0 Å². The van der Waals surface area contributed by atoms with Crippen molar-refractivity contribution < 1.29 is 4.84 Å². The third kappa shape index (κ3) is 4.09. The van der Waals surface area contributed by atoms with E-state index in [0.717, 1.165) is 24.5 Å². The first-order valence-corrected chi connectivity index (χ1v) is 9.42. The van der Waals surface area contributed by atoms with Crippen LogP contribution in [0.2, 0.25) is 0 Å². The number of rotatable bonds is 5. The molecule has 1 saturated heterocycles. The molecular formula is C17H27N3OS. The van der Waals surface area contributed by atoms with Gasteiger partial charge in [-0.15, -0.1) is 11.3 Å². The van der Waals surface area contributed by atoms with Gasteiger partial charge >= 0.3 is 0 Å². The Labute approximate surface area is 137 Å². The molecule has 0 amide bonds. The molecule has 122 valence electrons. The molecule has 2 aliphatic rings. The summed E-state index contributed by atoms with van der Waals surface area (Å²) in [7, 11) is 1.68. The summed E-state index contributed by atoms with van der Waals surface area (Å²) in [5, 5.41) is 6.88. The summed E-state index contributed by atoms with van der Waals surface area (Å²) in [6.07, 6.45) is 11.4. The second kappa shape index (κ2) is 8.09. The summed E-state index contributed by atoms with van der Waals surface area (Å²) in [5.74, 6) is 1.29. The maximum atomic E-state index is 5.19. The van der Waals surface area contributed by atoms with Crippen molar-refractivity contribution in [2.75, 3.05) is 20.2 Å². The van der Waals surface area contributed by atoms with E-state index in [0.29, 0.717) is 11.8 Å². The Balaban J connectivity index is 1.73. The standard InChI is InChI=1S/C17H27N3OS/c1-21-20-15(11-13-5-3-2-4-6-13)16-12-22-17(19-16)14-7-9-18-10-8-14/h11-14,18,20H,2-10H2,1H3. The van der Waals surface area contributed by atoms with E-state index in [4.69, 9.17) is 9.82 Å². The van der Waals surface area contributed by atoms with Crippen molar-refractivity contribution in [3.8, 4) is 0 Å². The maximum absolute atomic E-state index is 5.19. The zero-order chi connectivity index (χ0) is 15.2. The first-order chi connectivity index (χ1) is 10.9. The van der Waals surface area contributed by atoms with Crippen molar-refractivity contribution in [1.82, 2.24) is 15.8 Å². The summed E-state index contributed by atoms with van der Waals surface area (Å²) in [6.45, 7) is 2.22. The lowest BCUT2D eigenvalue weighted by Gasteiger charge is -2.20. The highest BCUT2D eigenvalue weighted by molar-refractivity contribution is 7.09. The van der Waals surface area contributed by atoms with Crippen molar-refractivity contribution in [2.45, 2.75) is 50.9 Å². The number of nitrogens with zero attached hydrogens (tertiary/aromatic N) is 1. The first kappa shape index (κ1) is 16.0. The molecule has 2 N–H and O–H groups in total. The molecule has 2 fully saturated rings. The smallest absolute Gasteiger partial charge is 0.0993 e. The summed E-state index contributed by atoms with van der Waals surface area (Å²) < 4.78 is 0. The molecule has 0 bridgehead atoms. The predicted molar refractivity (Wildman–Crippen MR) is 91.7 cm³/mol. The van der Waals surface area contributed by atoms with Crippen LogP contribution in [0, 0.1) is 5.92 Å². The monoisotopic (exact) mass is 321 g/mol. The van der Waals surface area contributed by atoms with Crippen LogP contribution in [0.15, 0.2) is 11.5 Å². The minimum Gasteiger partial charge on any atom is -0.317 e. The Hall–Kier alpha value is -0.910. The van der Waals surface area contributed by atoms with Gasteiger partial charge in [0.25, 0.3) is 0 Å². The van der Waals surface area contributed by atoms with Crippen molar-refractivity contribution in [3.63, 3.8) is 0 Å². The SMILES string of the molecule is CONC(=CC1CCCCC1)c1csc(C2CCNCC2)n1. The van der Waals surface area contributed by atoms with Gasteiger partial charge in [-0.05, 0) is 44.7 Å². The minimum atomic E-state index is 0.624. The topological polar surface area (TPSA) is 46.2 Å². The van der Waals surface area contributed by atoms with Crippen LogP contribution in [0.3, 0.4) is 0 Å². The molecule has 4 nitrogen and oxygen atoms in total. The van der Waals surface area contributed by atoms with Crippen LogP contribution in [0.25, 0.3) is 5.70 Å². The number of piperidine rings is 1. The highest BCUT2D eigenvalue weighted by Crippen LogP contribution is 2.31. The average molecular weight is 321 g/mol. The Morgan fingerprint density at radius 1 is 1.27 bits per heavy atom. The molecule has 0 radical (unpaired) electrons. The second-order valence-corrected chi connectivity index (χ2v) is 7.27. The molecule has 0 unspecified atom stereocenters. The van der Waals surface area contributed by atoms with Gasteiger partial charge in [0.2, 0.25) is 0 Å². The minimum absolute atomic E-state index is 0.624. The van der Waals surface area contributed by atoms with Crippen molar-refractivity contribution in [3.05, 3.63) is 22.2 Å². The van der Waals surface area contributed by atoms with E-state index < -0.39 is 0 Å². The number of aromatic nitrogens is 1. The summed E-state index contributed by atoms with van der Waals surface area (Å²) >= 11 is 1.80. The molecule has 1 aliphatic heterocycles. The molecule has 0 atom stereocenters. The Bertz CT molecular complexity index is 488. The molecule has 1 aliphatic carbocycles. The van der Waals surface area contributed by atoms with Gasteiger partial charge in [-0.25, -0.2) is 4.98 Å². The zero-order valence-corrected chi connectivity index (χ0v) is 14.3. The second-order valence-electron chi connectivity index (χ2n) is 6.38. The molecule has 1 saturated carbocycles. The van der Waals surface area contributed by atoms with Crippen molar-refractivity contribution in [2.24, 2.45) is 5.92 Å². The number of hydrogen-bond donors (Lipinski definition) is 2. The predicted octanol–water partition coefficient (Wildman–Crippen LogP) is 3.68. The third-order valence-electron chi connectivity index (χ3n) is 4.75. The lowest BCUT2D eigenvalue weighted by Crippen LogP contribution is -2.26.